The largest absolute Gasteiger partial charge is 0.467 e. The zero-order valence-electron chi connectivity index (χ0n) is 12.8. The Kier molecular flexibility index (Phi) is 3.81. The number of aromatic nitrogens is 3. The van der Waals surface area contributed by atoms with E-state index in [0.29, 0.717) is 18.1 Å². The van der Waals surface area contributed by atoms with E-state index in [1.54, 1.807) is 23.0 Å². The lowest BCUT2D eigenvalue weighted by molar-refractivity contribution is -0.122. The Morgan fingerprint density at radius 1 is 1.38 bits per heavy atom. The summed E-state index contributed by atoms with van der Waals surface area (Å²) >= 11 is 1.54. The quantitative estimate of drug-likeness (QED) is 0.742. The highest BCUT2D eigenvalue weighted by atomic mass is 32.1. The lowest BCUT2D eigenvalue weighted by atomic mass is 10.4. The van der Waals surface area contributed by atoms with E-state index in [2.05, 4.69) is 10.4 Å². The third-order valence-electron chi connectivity index (χ3n) is 3.86. The number of rotatable bonds is 6. The summed E-state index contributed by atoms with van der Waals surface area (Å²) < 4.78 is 8.12. The minimum absolute atomic E-state index is 0.0996. The normalized spacial score (nSPS) is 14.0. The average molecular weight is 344 g/mol. The zero-order chi connectivity index (χ0) is 16.5. The summed E-state index contributed by atoms with van der Waals surface area (Å²) in [7, 11) is 0. The van der Waals surface area contributed by atoms with Crippen molar-refractivity contribution in [3.63, 3.8) is 0 Å². The van der Waals surface area contributed by atoms with Gasteiger partial charge in [0.15, 0.2) is 5.82 Å². The molecule has 7 nitrogen and oxygen atoms in total. The molecule has 0 aromatic carbocycles. The van der Waals surface area contributed by atoms with Crippen LogP contribution in [0.2, 0.25) is 0 Å². The highest BCUT2D eigenvalue weighted by Gasteiger charge is 2.31. The molecule has 3 aromatic heterocycles. The summed E-state index contributed by atoms with van der Waals surface area (Å²) in [6.07, 6.45) is 3.51. The maximum absolute atomic E-state index is 12.6. The van der Waals surface area contributed by atoms with Crippen molar-refractivity contribution in [1.82, 2.24) is 19.7 Å². The average Bonchev–Trinajstić information content (AvgIpc) is 3.00. The molecule has 0 aliphatic heterocycles. The van der Waals surface area contributed by atoms with Gasteiger partial charge in [-0.3, -0.25) is 9.36 Å². The number of thiophene rings is 1. The second kappa shape index (κ2) is 6.12. The van der Waals surface area contributed by atoms with Crippen LogP contribution in [-0.2, 0) is 17.9 Å². The fraction of sp³-hybridized carbons (Fsp3) is 0.312. The van der Waals surface area contributed by atoms with Crippen LogP contribution in [0.5, 0.6) is 0 Å². The van der Waals surface area contributed by atoms with Gasteiger partial charge in [-0.25, -0.2) is 9.48 Å². The lowest BCUT2D eigenvalue weighted by Gasteiger charge is -2.02. The molecule has 1 N–H and O–H groups in total. The van der Waals surface area contributed by atoms with Crippen molar-refractivity contribution < 1.29 is 9.21 Å². The monoisotopic (exact) mass is 344 g/mol. The van der Waals surface area contributed by atoms with Crippen LogP contribution < -0.4 is 11.0 Å². The second-order valence-electron chi connectivity index (χ2n) is 5.70. The standard InChI is InChI=1S/C16H16N4O3S/c21-14(17-9-12-3-1-7-23-12)10-19-16(22)20(11-5-6-11)15(18-19)13-4-2-8-24-13/h1-4,7-8,11H,5-6,9-10H2,(H,17,21). The van der Waals surface area contributed by atoms with Crippen molar-refractivity contribution in [2.75, 3.05) is 0 Å². The predicted octanol–water partition coefficient (Wildman–Crippen LogP) is 2.02. The van der Waals surface area contributed by atoms with Gasteiger partial charge in [-0.1, -0.05) is 6.07 Å². The maximum Gasteiger partial charge on any atom is 0.346 e. The molecule has 3 aromatic rings. The summed E-state index contributed by atoms with van der Waals surface area (Å²) in [5, 5.41) is 9.07. The zero-order valence-corrected chi connectivity index (χ0v) is 13.7. The first-order valence-electron chi connectivity index (χ1n) is 7.74. The number of hydrogen-bond donors (Lipinski definition) is 1. The third kappa shape index (κ3) is 2.92. The summed E-state index contributed by atoms with van der Waals surface area (Å²) in [6, 6.07) is 7.61. The van der Waals surface area contributed by atoms with Crippen molar-refractivity contribution in [1.29, 1.82) is 0 Å². The van der Waals surface area contributed by atoms with Crippen LogP contribution in [0, 0.1) is 0 Å². The molecule has 0 bridgehead atoms. The molecule has 1 aliphatic carbocycles. The van der Waals surface area contributed by atoms with Crippen molar-refractivity contribution in [3.05, 3.63) is 52.2 Å². The summed E-state index contributed by atoms with van der Waals surface area (Å²) in [5.74, 6) is 1.04. The van der Waals surface area contributed by atoms with Crippen LogP contribution in [-0.4, -0.2) is 20.3 Å². The summed E-state index contributed by atoms with van der Waals surface area (Å²) in [5.41, 5.74) is -0.228. The minimum Gasteiger partial charge on any atom is -0.467 e. The van der Waals surface area contributed by atoms with Gasteiger partial charge in [0.25, 0.3) is 0 Å². The molecule has 3 heterocycles. The highest BCUT2D eigenvalue weighted by molar-refractivity contribution is 7.13. The van der Waals surface area contributed by atoms with Crippen LogP contribution in [0.15, 0.2) is 45.1 Å². The topological polar surface area (TPSA) is 82.1 Å². The Morgan fingerprint density at radius 2 is 2.25 bits per heavy atom. The molecule has 0 atom stereocenters. The number of carbonyl (C=O) groups excluding carboxylic acids is 1. The molecule has 0 unspecified atom stereocenters. The first-order chi connectivity index (χ1) is 11.7. The van der Waals surface area contributed by atoms with Gasteiger partial charge >= 0.3 is 5.69 Å². The molecule has 8 heteroatoms. The molecule has 4 rings (SSSR count). The second-order valence-corrected chi connectivity index (χ2v) is 6.65. The number of amides is 1. The fourth-order valence-corrected chi connectivity index (χ4v) is 3.26. The van der Waals surface area contributed by atoms with Crippen LogP contribution in [0.1, 0.15) is 24.6 Å². The van der Waals surface area contributed by atoms with E-state index < -0.39 is 0 Å². The Labute approximate surface area is 141 Å². The Bertz CT molecular complexity index is 889. The van der Waals surface area contributed by atoms with Gasteiger partial charge in [0.2, 0.25) is 5.91 Å². The number of furan rings is 1. The number of nitrogens with zero attached hydrogens (tertiary/aromatic N) is 3. The van der Waals surface area contributed by atoms with Crippen LogP contribution in [0.4, 0.5) is 0 Å². The minimum atomic E-state index is -0.272. The molecule has 124 valence electrons. The Hall–Kier alpha value is -2.61. The van der Waals surface area contributed by atoms with E-state index in [1.807, 2.05) is 17.5 Å². The van der Waals surface area contributed by atoms with Gasteiger partial charge in [0.05, 0.1) is 17.7 Å². The molecule has 1 aliphatic rings. The van der Waals surface area contributed by atoms with Crippen LogP contribution in [0.3, 0.4) is 0 Å². The van der Waals surface area contributed by atoms with Crippen molar-refractivity contribution in [2.45, 2.75) is 32.0 Å². The molecule has 1 saturated carbocycles. The van der Waals surface area contributed by atoms with E-state index in [4.69, 9.17) is 4.42 Å². The van der Waals surface area contributed by atoms with E-state index in [9.17, 15) is 9.59 Å². The Morgan fingerprint density at radius 3 is 2.92 bits per heavy atom. The van der Waals surface area contributed by atoms with E-state index in [-0.39, 0.29) is 24.2 Å². The van der Waals surface area contributed by atoms with E-state index in [0.717, 1.165) is 17.7 Å². The molecular formula is C16H16N4O3S. The SMILES string of the molecule is O=C(Cn1nc(-c2cccs2)n(C2CC2)c1=O)NCc1ccco1. The van der Waals surface area contributed by atoms with E-state index >= 15 is 0 Å². The number of nitrogens with one attached hydrogen (secondary N) is 1. The van der Waals surface area contributed by atoms with Gasteiger partial charge < -0.3 is 9.73 Å². The molecule has 0 radical (unpaired) electrons. The summed E-state index contributed by atoms with van der Waals surface area (Å²) in [4.78, 5) is 25.6. The van der Waals surface area contributed by atoms with E-state index in [1.165, 1.54) is 16.0 Å². The maximum atomic E-state index is 12.6. The molecule has 24 heavy (non-hydrogen) atoms. The molecular weight excluding hydrogens is 328 g/mol. The van der Waals surface area contributed by atoms with Gasteiger partial charge in [-0.05, 0) is 36.4 Å². The predicted molar refractivity (Wildman–Crippen MR) is 88.6 cm³/mol. The molecule has 1 fully saturated rings. The lowest BCUT2D eigenvalue weighted by Crippen LogP contribution is -2.33. The van der Waals surface area contributed by atoms with Crippen molar-refractivity contribution >= 4 is 17.2 Å². The van der Waals surface area contributed by atoms with Gasteiger partial charge in [-0.2, -0.15) is 0 Å². The van der Waals surface area contributed by atoms with Crippen molar-refractivity contribution in [2.24, 2.45) is 0 Å². The molecule has 0 saturated heterocycles. The van der Waals surface area contributed by atoms with Gasteiger partial charge in [0, 0.05) is 6.04 Å². The fourth-order valence-electron chi connectivity index (χ4n) is 2.55. The summed E-state index contributed by atoms with van der Waals surface area (Å²) in [6.45, 7) is 0.194. The number of carbonyl (C=O) groups is 1. The highest BCUT2D eigenvalue weighted by Crippen LogP contribution is 2.37. The van der Waals surface area contributed by atoms with Crippen LogP contribution >= 0.6 is 11.3 Å². The first-order valence-corrected chi connectivity index (χ1v) is 8.62. The van der Waals surface area contributed by atoms with Crippen molar-refractivity contribution in [3.8, 4) is 10.7 Å². The Balaban J connectivity index is 1.54. The molecule has 1 amide bonds. The molecule has 0 spiro atoms. The van der Waals surface area contributed by atoms with Gasteiger partial charge in [0.1, 0.15) is 12.3 Å². The third-order valence-corrected chi connectivity index (χ3v) is 4.72. The van der Waals surface area contributed by atoms with Gasteiger partial charge in [-0.15, -0.1) is 16.4 Å². The smallest absolute Gasteiger partial charge is 0.346 e. The van der Waals surface area contributed by atoms with Crippen LogP contribution in [0.25, 0.3) is 10.7 Å². The first kappa shape index (κ1) is 14.9. The number of hydrogen-bond acceptors (Lipinski definition) is 5.